The molecule has 6 aromatic rings. The normalized spacial score (nSPS) is 16.3. The van der Waals surface area contributed by atoms with Gasteiger partial charge in [0.15, 0.2) is 5.96 Å². The molecule has 5 heterocycles. The molecule has 9 atom stereocenters. The Morgan fingerprint density at radius 1 is 0.704 bits per heavy atom. The van der Waals surface area contributed by atoms with Crippen LogP contribution < -0.4 is 54.0 Å². The van der Waals surface area contributed by atoms with Crippen molar-refractivity contribution < 1.29 is 68.1 Å². The van der Waals surface area contributed by atoms with Crippen molar-refractivity contribution in [2.45, 2.75) is 153 Å². The molecule has 0 saturated carbocycles. The minimum Gasteiger partial charge on any atom is -0.508 e. The molecule has 2 fully saturated rings. The van der Waals surface area contributed by atoms with E-state index < -0.39 is 114 Å². The zero-order chi connectivity index (χ0) is 71.2. The quantitative estimate of drug-likeness (QED) is 0.0146. The average Bonchev–Trinajstić information content (AvgIpc) is 1.67. The number of hydrogen-bond acceptors (Lipinski definition) is 15. The number of aliphatic hydroxyl groups is 1. The first-order chi connectivity index (χ1) is 46.8. The van der Waals surface area contributed by atoms with Crippen LogP contribution in [0.4, 0.5) is 0 Å². The summed E-state index contributed by atoms with van der Waals surface area (Å²) in [6, 6.07) is 8.55. The Kier molecular flexibility index (Phi) is 27.2. The number of imidazole rings is 1. The Morgan fingerprint density at radius 2 is 1.26 bits per heavy atom. The van der Waals surface area contributed by atoms with Crippen LogP contribution in [0.25, 0.3) is 21.8 Å². The van der Waals surface area contributed by atoms with Gasteiger partial charge >= 0.3 is 0 Å². The van der Waals surface area contributed by atoms with Gasteiger partial charge in [-0.2, -0.15) is 0 Å². The molecule has 0 spiro atoms. The molecule has 2 aliphatic rings. The summed E-state index contributed by atoms with van der Waals surface area (Å²) >= 11 is 0. The van der Waals surface area contributed by atoms with E-state index in [1.54, 1.807) is 43.6 Å². The van der Waals surface area contributed by atoms with Gasteiger partial charge in [-0.3, -0.25) is 57.7 Å². The van der Waals surface area contributed by atoms with Crippen molar-refractivity contribution in [1.29, 1.82) is 0 Å². The highest BCUT2D eigenvalue weighted by atomic mass is 16.4. The number of benzene rings is 3. The van der Waals surface area contributed by atoms with Crippen LogP contribution in [0.3, 0.4) is 0 Å². The summed E-state index contributed by atoms with van der Waals surface area (Å²) in [5.41, 5.74) is 14.7. The van der Waals surface area contributed by atoms with Crippen LogP contribution in [0.1, 0.15) is 95.0 Å². The van der Waals surface area contributed by atoms with Crippen LogP contribution in [0.5, 0.6) is 5.75 Å². The Morgan fingerprint density at radius 3 is 1.81 bits per heavy atom. The van der Waals surface area contributed by atoms with Crippen molar-refractivity contribution in [2.75, 3.05) is 33.3 Å². The van der Waals surface area contributed by atoms with Crippen LogP contribution in [0.2, 0.25) is 0 Å². The number of phenols is 1. The number of aliphatic hydroxyl groups excluding tert-OH is 1. The standard InChI is InChI=1S/C65H85N17O12.C2H4O2/c1-5-69-61(91)53-17-11-25-82(53)64(94)47(16-10-24-70-65(66)67)75-62(92)54(26-36(2)3)81(4)63(93)51(29-39-32-72-45-15-9-7-13-43(39)45)79-57(87)48(27-37-18-20-41(84)21-19-37)76-60(90)52(34-83)80-58(88)49(28-38-31-71-44-14-8-6-12-42(38)44)77-59(89)50(30-40-33-68-35-73-40)78-56(86)46-22-23-55(85)74-46;1-2(3)4/h6-9,12-15,18-21,31-33,35-36,46-54,71-72,83-84H,5,10-11,16-17,22-30,34H2,1-4H3,(H,68,73)(H,69,91)(H,74,85)(H,75,92)(H,76,90)(H,77,89)(H,78,86)(H,79,87)(H,80,88)(H4,66,67,70);1H3,(H,3,4). The highest BCUT2D eigenvalue weighted by Crippen LogP contribution is 2.25. The monoisotopic (exact) mass is 1360 g/mol. The van der Waals surface area contributed by atoms with Gasteiger partial charge in [-0.25, -0.2) is 4.98 Å². The van der Waals surface area contributed by atoms with Crippen molar-refractivity contribution >= 4 is 92.8 Å². The molecule has 10 amide bonds. The number of likely N-dealkylation sites (tertiary alicyclic amines) is 1. The Bertz CT molecular complexity index is 3790. The van der Waals surface area contributed by atoms with Crippen molar-refractivity contribution in [2.24, 2.45) is 22.4 Å². The van der Waals surface area contributed by atoms with Gasteiger partial charge in [0, 0.05) is 112 Å². The van der Waals surface area contributed by atoms with E-state index in [1.807, 2.05) is 38.1 Å². The van der Waals surface area contributed by atoms with E-state index in [0.29, 0.717) is 52.7 Å². The Balaban J connectivity index is 0.00000329. The molecule has 3 aromatic carbocycles. The Hall–Kier alpha value is -10.9. The van der Waals surface area contributed by atoms with Gasteiger partial charge in [0.1, 0.15) is 60.1 Å². The van der Waals surface area contributed by atoms with Crippen molar-refractivity contribution in [3.05, 3.63) is 120 Å². The molecule has 3 aromatic heterocycles. The number of nitrogens with zero attached hydrogens (tertiary/aromatic N) is 4. The van der Waals surface area contributed by atoms with Gasteiger partial charge in [0.05, 0.1) is 12.9 Å². The van der Waals surface area contributed by atoms with Gasteiger partial charge < -0.3 is 94.1 Å². The lowest BCUT2D eigenvalue weighted by atomic mass is 9.98. The molecule has 31 heteroatoms. The molecular weight excluding hydrogens is 1270 g/mol. The molecule has 98 heavy (non-hydrogen) atoms. The fourth-order valence-electron chi connectivity index (χ4n) is 11.8. The van der Waals surface area contributed by atoms with Gasteiger partial charge in [-0.15, -0.1) is 0 Å². The number of aliphatic carboxylic acids is 1. The molecule has 0 bridgehead atoms. The third kappa shape index (κ3) is 21.1. The first-order valence-corrected chi connectivity index (χ1v) is 32.5. The SMILES string of the molecule is CC(=O)O.CCNC(=O)C1CCCN1C(=O)C(CCCN=C(N)N)NC(=O)C(CC(C)C)N(C)C(=O)C(Cc1c[nH]c2ccccc12)NC(=O)C(Cc1ccc(O)cc1)NC(=O)C(CO)NC(=O)C(Cc1c[nH]c2ccccc12)NC(=O)C(Cc1cnc[nH]1)NC(=O)C1CCC(=O)N1. The lowest BCUT2D eigenvalue weighted by Crippen LogP contribution is -2.62. The van der Waals surface area contributed by atoms with Crippen LogP contribution >= 0.6 is 0 Å². The third-order valence-corrected chi connectivity index (χ3v) is 16.8. The number of aromatic amines is 3. The van der Waals surface area contributed by atoms with Crippen LogP contribution in [0, 0.1) is 5.92 Å². The summed E-state index contributed by atoms with van der Waals surface area (Å²) < 4.78 is 0. The summed E-state index contributed by atoms with van der Waals surface area (Å²) in [4.78, 5) is 172. The molecule has 0 aliphatic carbocycles. The van der Waals surface area contributed by atoms with Crippen LogP contribution in [-0.2, 0) is 78.4 Å². The topological polar surface area (TPSA) is 476 Å². The lowest BCUT2D eigenvalue weighted by Gasteiger charge is -2.34. The first kappa shape index (κ1) is 74.5. The predicted molar refractivity (Wildman–Crippen MR) is 361 cm³/mol. The molecule has 18 N–H and O–H groups in total. The van der Waals surface area contributed by atoms with Gasteiger partial charge in [-0.1, -0.05) is 62.4 Å². The molecule has 9 unspecified atom stereocenters. The highest BCUT2D eigenvalue weighted by Gasteiger charge is 2.41. The van der Waals surface area contributed by atoms with Crippen molar-refractivity contribution in [1.82, 2.24) is 72.3 Å². The number of aromatic hydroxyl groups is 1. The number of carbonyl (C=O) groups excluding carboxylic acids is 10. The second-order valence-corrected chi connectivity index (χ2v) is 24.6. The molecule has 0 radical (unpaired) electrons. The van der Waals surface area contributed by atoms with E-state index in [1.165, 1.54) is 53.6 Å². The largest absolute Gasteiger partial charge is 0.508 e. The number of amides is 10. The van der Waals surface area contributed by atoms with E-state index in [9.17, 15) is 48.6 Å². The molecule has 31 nitrogen and oxygen atoms in total. The van der Waals surface area contributed by atoms with E-state index in [0.717, 1.165) is 17.8 Å². The smallest absolute Gasteiger partial charge is 0.300 e. The number of rotatable bonds is 32. The van der Waals surface area contributed by atoms with E-state index in [-0.39, 0.29) is 100 Å². The third-order valence-electron chi connectivity index (χ3n) is 16.8. The van der Waals surface area contributed by atoms with E-state index in [4.69, 9.17) is 21.4 Å². The lowest BCUT2D eigenvalue weighted by molar-refractivity contribution is -0.145. The van der Waals surface area contributed by atoms with Gasteiger partial charge in [-0.05, 0) is 92.3 Å². The van der Waals surface area contributed by atoms with Crippen LogP contribution in [0.15, 0.2) is 103 Å². The number of H-pyrrole nitrogens is 3. The summed E-state index contributed by atoms with van der Waals surface area (Å²) in [6.45, 7) is 6.28. The molecule has 2 aliphatic heterocycles. The fraction of sp³-hybridized carbons (Fsp3) is 0.448. The molecule has 2 saturated heterocycles. The first-order valence-electron chi connectivity index (χ1n) is 32.5. The zero-order valence-corrected chi connectivity index (χ0v) is 55.4. The van der Waals surface area contributed by atoms with E-state index in [2.05, 4.69) is 67.5 Å². The summed E-state index contributed by atoms with van der Waals surface area (Å²) in [7, 11) is 1.41. The number of carboxylic acids is 1. The number of nitrogens with one attached hydrogen (secondary N) is 11. The number of hydrogen-bond donors (Lipinski definition) is 16. The van der Waals surface area contributed by atoms with E-state index >= 15 is 9.59 Å². The maximum Gasteiger partial charge on any atom is 0.300 e. The molecule has 526 valence electrons. The predicted octanol–water partition coefficient (Wildman–Crippen LogP) is -0.327. The maximum absolute atomic E-state index is 15.4. The fourth-order valence-corrected chi connectivity index (χ4v) is 11.8. The Labute approximate surface area is 565 Å². The molecule has 8 rings (SSSR count). The number of aliphatic imine (C=N–C) groups is 1. The maximum atomic E-state index is 15.4. The average molecular weight is 1360 g/mol. The summed E-state index contributed by atoms with van der Waals surface area (Å²) in [6.07, 6.45) is 7.16. The van der Waals surface area contributed by atoms with Gasteiger partial charge in [0.25, 0.3) is 5.97 Å². The minimum absolute atomic E-state index is 0.0705. The number of para-hydroxylation sites is 2. The number of likely N-dealkylation sites (N-methyl/N-ethyl adjacent to an activating group) is 2. The van der Waals surface area contributed by atoms with Gasteiger partial charge in [0.2, 0.25) is 59.1 Å². The number of guanidine groups is 1. The van der Waals surface area contributed by atoms with Crippen LogP contribution in [-0.4, -0.2) is 204 Å². The number of phenolic OH excluding ortho intramolecular Hbond substituents is 1. The second-order valence-electron chi connectivity index (χ2n) is 24.6. The zero-order valence-electron chi connectivity index (χ0n) is 55.4. The number of carboxylic acid groups (broad SMARTS) is 1. The van der Waals surface area contributed by atoms with Crippen molar-refractivity contribution in [3.63, 3.8) is 0 Å². The highest BCUT2D eigenvalue weighted by molar-refractivity contribution is 6.00. The minimum atomic E-state index is -1.78. The second kappa shape index (κ2) is 35.8. The number of nitrogens with two attached hydrogens (primary N) is 2. The summed E-state index contributed by atoms with van der Waals surface area (Å²) in [5.74, 6) is -8.26. The molecular formula is C67H89N17O14. The van der Waals surface area contributed by atoms with Crippen molar-refractivity contribution in [3.8, 4) is 5.75 Å². The number of aromatic nitrogens is 4. The number of carbonyl (C=O) groups is 11. The number of fused-ring (bicyclic) bond motifs is 2. The summed E-state index contributed by atoms with van der Waals surface area (Å²) in [5, 5.41) is 51.8.